The summed E-state index contributed by atoms with van der Waals surface area (Å²) in [7, 11) is 0. The van der Waals surface area contributed by atoms with Crippen LogP contribution >= 0.6 is 11.6 Å². The zero-order chi connectivity index (χ0) is 13.4. The van der Waals surface area contributed by atoms with E-state index in [0.717, 1.165) is 24.8 Å². The Morgan fingerprint density at radius 2 is 2.17 bits per heavy atom. The number of halogens is 1. The van der Waals surface area contributed by atoms with Gasteiger partial charge >= 0.3 is 0 Å². The summed E-state index contributed by atoms with van der Waals surface area (Å²) in [4.78, 5) is 3.99. The molecule has 0 aliphatic heterocycles. The predicted molar refractivity (Wildman–Crippen MR) is 74.7 cm³/mol. The molecule has 1 aromatic heterocycles. The average molecular weight is 268 g/mol. The van der Waals surface area contributed by atoms with Crippen molar-refractivity contribution in [3.63, 3.8) is 0 Å². The number of pyridine rings is 1. The van der Waals surface area contributed by atoms with Crippen molar-refractivity contribution in [2.24, 2.45) is 11.3 Å². The molecule has 1 heterocycles. The lowest BCUT2D eigenvalue weighted by Gasteiger charge is -2.45. The third-order valence-electron chi connectivity index (χ3n) is 4.36. The van der Waals surface area contributed by atoms with Gasteiger partial charge in [-0.15, -0.1) is 0 Å². The first-order valence-electron chi connectivity index (χ1n) is 6.63. The zero-order valence-electron chi connectivity index (χ0n) is 11.4. The highest BCUT2D eigenvalue weighted by molar-refractivity contribution is 6.31. The molecule has 2 rings (SSSR count). The van der Waals surface area contributed by atoms with Gasteiger partial charge in [-0.3, -0.25) is 4.98 Å². The first-order chi connectivity index (χ1) is 8.32. The first-order valence-corrected chi connectivity index (χ1v) is 7.01. The molecule has 0 radical (unpaired) electrons. The largest absolute Gasteiger partial charge is 0.389 e. The minimum absolute atomic E-state index is 0.297. The van der Waals surface area contributed by atoms with Crippen molar-refractivity contribution in [3.05, 3.63) is 29.0 Å². The molecule has 2 atom stereocenters. The van der Waals surface area contributed by atoms with E-state index in [1.165, 1.54) is 0 Å². The Morgan fingerprint density at radius 1 is 1.44 bits per heavy atom. The third-order valence-corrected chi connectivity index (χ3v) is 4.70. The summed E-state index contributed by atoms with van der Waals surface area (Å²) in [5, 5.41) is 11.5. The zero-order valence-corrected chi connectivity index (χ0v) is 12.2. The van der Waals surface area contributed by atoms with Crippen molar-refractivity contribution in [1.82, 2.24) is 4.98 Å². The van der Waals surface area contributed by atoms with Crippen molar-refractivity contribution in [2.45, 2.75) is 52.1 Å². The third kappa shape index (κ3) is 2.86. The van der Waals surface area contributed by atoms with Crippen LogP contribution in [0, 0.1) is 11.3 Å². The number of hydrogen-bond acceptors (Lipinski definition) is 2. The highest BCUT2D eigenvalue weighted by atomic mass is 35.5. The van der Waals surface area contributed by atoms with E-state index >= 15 is 0 Å². The molecular weight excluding hydrogens is 246 g/mol. The molecule has 18 heavy (non-hydrogen) atoms. The molecule has 1 aliphatic carbocycles. The molecule has 0 aromatic carbocycles. The number of hydrogen-bond donors (Lipinski definition) is 1. The van der Waals surface area contributed by atoms with E-state index in [4.69, 9.17) is 11.6 Å². The van der Waals surface area contributed by atoms with Gasteiger partial charge in [0.1, 0.15) is 0 Å². The first kappa shape index (κ1) is 13.8. The predicted octanol–water partition coefficient (Wildman–Crippen LogP) is 3.85. The van der Waals surface area contributed by atoms with Crippen LogP contribution in [0.15, 0.2) is 18.5 Å². The minimum Gasteiger partial charge on any atom is -0.389 e. The Hall–Kier alpha value is -0.600. The molecule has 0 amide bonds. The van der Waals surface area contributed by atoms with Crippen LogP contribution in [0.3, 0.4) is 0 Å². The van der Waals surface area contributed by atoms with E-state index in [1.807, 2.05) is 6.07 Å². The maximum Gasteiger partial charge on any atom is 0.0714 e. The Kier molecular flexibility index (Phi) is 3.70. The normalized spacial score (nSPS) is 31.3. The van der Waals surface area contributed by atoms with Gasteiger partial charge in [-0.1, -0.05) is 32.4 Å². The smallest absolute Gasteiger partial charge is 0.0714 e. The number of nitrogens with zero attached hydrogens (tertiary/aromatic N) is 1. The van der Waals surface area contributed by atoms with E-state index in [9.17, 15) is 5.11 Å². The summed E-state index contributed by atoms with van der Waals surface area (Å²) < 4.78 is 0. The van der Waals surface area contributed by atoms with Crippen molar-refractivity contribution < 1.29 is 5.11 Å². The standard InChI is InChI=1S/C15H22ClNO/c1-11-8-14(2,3)5-6-15(11,18)9-12-4-7-17-10-13(12)16/h4,7,10-11,18H,5-6,8-9H2,1-3H3. The topological polar surface area (TPSA) is 33.1 Å². The lowest BCUT2D eigenvalue weighted by Crippen LogP contribution is -2.45. The lowest BCUT2D eigenvalue weighted by molar-refractivity contribution is -0.0704. The van der Waals surface area contributed by atoms with Gasteiger partial charge in [0.25, 0.3) is 0 Å². The average Bonchev–Trinajstić information content (AvgIpc) is 2.28. The van der Waals surface area contributed by atoms with Crippen LogP contribution in [0.5, 0.6) is 0 Å². The summed E-state index contributed by atoms with van der Waals surface area (Å²) in [5.41, 5.74) is 0.717. The van der Waals surface area contributed by atoms with Gasteiger partial charge in [-0.25, -0.2) is 0 Å². The highest BCUT2D eigenvalue weighted by Crippen LogP contribution is 2.45. The molecule has 2 nitrogen and oxygen atoms in total. The van der Waals surface area contributed by atoms with Crippen LogP contribution in [0.25, 0.3) is 0 Å². The Bertz CT molecular complexity index is 432. The van der Waals surface area contributed by atoms with E-state index in [2.05, 4.69) is 25.8 Å². The molecule has 1 N–H and O–H groups in total. The maximum atomic E-state index is 10.9. The lowest BCUT2D eigenvalue weighted by atomic mass is 9.64. The molecule has 100 valence electrons. The number of aliphatic hydroxyl groups is 1. The SMILES string of the molecule is CC1CC(C)(C)CCC1(O)Cc1ccncc1Cl. The second kappa shape index (κ2) is 4.82. The summed E-state index contributed by atoms with van der Waals surface area (Å²) in [6, 6.07) is 1.91. The molecule has 1 fully saturated rings. The molecule has 2 unspecified atom stereocenters. The summed E-state index contributed by atoms with van der Waals surface area (Å²) in [6.45, 7) is 6.71. The molecule has 1 aromatic rings. The van der Waals surface area contributed by atoms with E-state index < -0.39 is 5.60 Å². The Morgan fingerprint density at radius 3 is 2.78 bits per heavy atom. The fourth-order valence-corrected chi connectivity index (χ4v) is 3.25. The molecular formula is C15H22ClNO. The minimum atomic E-state index is -0.624. The quantitative estimate of drug-likeness (QED) is 0.883. The van der Waals surface area contributed by atoms with Crippen molar-refractivity contribution in [1.29, 1.82) is 0 Å². The van der Waals surface area contributed by atoms with Crippen LogP contribution in [-0.4, -0.2) is 15.7 Å². The van der Waals surface area contributed by atoms with Gasteiger partial charge < -0.3 is 5.11 Å². The fourth-order valence-electron chi connectivity index (χ4n) is 3.06. The van der Waals surface area contributed by atoms with E-state index in [1.54, 1.807) is 12.4 Å². The van der Waals surface area contributed by atoms with Crippen LogP contribution in [0.1, 0.15) is 45.6 Å². The van der Waals surface area contributed by atoms with Crippen LogP contribution in [-0.2, 0) is 6.42 Å². The van der Waals surface area contributed by atoms with Gasteiger partial charge in [-0.2, -0.15) is 0 Å². The van der Waals surface area contributed by atoms with Crippen LogP contribution in [0.4, 0.5) is 0 Å². The second-order valence-corrected chi connectivity index (χ2v) is 6.92. The van der Waals surface area contributed by atoms with Gasteiger partial charge in [-0.05, 0) is 42.2 Å². The highest BCUT2D eigenvalue weighted by Gasteiger charge is 2.42. The van der Waals surface area contributed by atoms with E-state index in [0.29, 0.717) is 22.8 Å². The molecule has 0 spiro atoms. The Labute approximate surface area is 114 Å². The van der Waals surface area contributed by atoms with Crippen molar-refractivity contribution >= 4 is 11.6 Å². The molecule has 3 heteroatoms. The molecule has 1 aliphatic rings. The Balaban J connectivity index is 2.16. The van der Waals surface area contributed by atoms with Gasteiger partial charge in [0, 0.05) is 18.8 Å². The summed E-state index contributed by atoms with van der Waals surface area (Å²) in [6.07, 6.45) is 6.99. The number of rotatable bonds is 2. The van der Waals surface area contributed by atoms with E-state index in [-0.39, 0.29) is 0 Å². The summed E-state index contributed by atoms with van der Waals surface area (Å²) >= 11 is 6.14. The van der Waals surface area contributed by atoms with Gasteiger partial charge in [0.2, 0.25) is 0 Å². The van der Waals surface area contributed by atoms with Gasteiger partial charge in [0.15, 0.2) is 0 Å². The van der Waals surface area contributed by atoms with Crippen molar-refractivity contribution in [3.8, 4) is 0 Å². The second-order valence-electron chi connectivity index (χ2n) is 6.52. The van der Waals surface area contributed by atoms with Crippen LogP contribution < -0.4 is 0 Å². The summed E-state index contributed by atoms with van der Waals surface area (Å²) in [5.74, 6) is 0.297. The van der Waals surface area contributed by atoms with Crippen LogP contribution in [0.2, 0.25) is 5.02 Å². The van der Waals surface area contributed by atoms with Gasteiger partial charge in [0.05, 0.1) is 10.6 Å². The number of aromatic nitrogens is 1. The molecule has 0 bridgehead atoms. The molecule has 0 saturated heterocycles. The monoisotopic (exact) mass is 267 g/mol. The fraction of sp³-hybridized carbons (Fsp3) is 0.667. The maximum absolute atomic E-state index is 10.9. The van der Waals surface area contributed by atoms with Crippen molar-refractivity contribution in [2.75, 3.05) is 0 Å². The molecule has 1 saturated carbocycles.